The van der Waals surface area contributed by atoms with Crippen LogP contribution >= 0.6 is 0 Å². The summed E-state index contributed by atoms with van der Waals surface area (Å²) >= 11 is 0. The van der Waals surface area contributed by atoms with Crippen molar-refractivity contribution in [2.24, 2.45) is 11.8 Å². The van der Waals surface area contributed by atoms with Crippen LogP contribution in [-0.2, 0) is 28.5 Å². The lowest BCUT2D eigenvalue weighted by Crippen LogP contribution is -2.64. The topological polar surface area (TPSA) is 278 Å². The first-order valence-corrected chi connectivity index (χ1v) is 15.9. The summed E-state index contributed by atoms with van der Waals surface area (Å²) in [5, 5.41) is 105. The van der Waals surface area contributed by atoms with Crippen molar-refractivity contribution >= 4 is 5.97 Å². The van der Waals surface area contributed by atoms with Gasteiger partial charge in [-0.15, -0.1) is 0 Å². The van der Waals surface area contributed by atoms with Crippen molar-refractivity contribution in [3.63, 3.8) is 0 Å². The summed E-state index contributed by atoms with van der Waals surface area (Å²) in [5.41, 5.74) is 0. The van der Waals surface area contributed by atoms with Crippen molar-refractivity contribution in [1.82, 2.24) is 0 Å². The Morgan fingerprint density at radius 1 is 0.739 bits per heavy atom. The van der Waals surface area contributed by atoms with E-state index in [9.17, 15) is 55.9 Å². The highest BCUT2D eigenvalue weighted by Gasteiger charge is 2.56. The molecule has 0 bridgehead atoms. The molecule has 0 aromatic heterocycles. The van der Waals surface area contributed by atoms with E-state index in [0.29, 0.717) is 6.42 Å². The molecular formula is C29H49O17+. The minimum absolute atomic E-state index is 0.0739. The Labute approximate surface area is 265 Å². The lowest BCUT2D eigenvalue weighted by atomic mass is 9.72. The van der Waals surface area contributed by atoms with Crippen LogP contribution in [-0.4, -0.2) is 179 Å². The van der Waals surface area contributed by atoms with E-state index in [1.165, 1.54) is 6.92 Å². The first-order valence-electron chi connectivity index (χ1n) is 15.9. The van der Waals surface area contributed by atoms with Gasteiger partial charge in [-0.05, 0) is 26.2 Å². The van der Waals surface area contributed by atoms with Gasteiger partial charge < -0.3 is 79.5 Å². The highest BCUT2D eigenvalue weighted by atomic mass is 16.7. The smallest absolute Gasteiger partial charge is 0.303 e. The third kappa shape index (κ3) is 7.54. The number of hydrogen-bond acceptors (Lipinski definition) is 16. The molecule has 0 amide bonds. The minimum Gasteiger partial charge on any atom is -0.454 e. The van der Waals surface area contributed by atoms with Gasteiger partial charge in [0.2, 0.25) is 0 Å². The van der Waals surface area contributed by atoms with Crippen molar-refractivity contribution in [2.45, 2.75) is 156 Å². The highest BCUT2D eigenvalue weighted by molar-refractivity contribution is 5.66. The molecule has 46 heavy (non-hydrogen) atoms. The summed E-state index contributed by atoms with van der Waals surface area (Å²) in [4.78, 5) is 11.6. The first-order chi connectivity index (χ1) is 21.7. The van der Waals surface area contributed by atoms with E-state index in [1.54, 1.807) is 0 Å². The molecule has 5 fully saturated rings. The molecule has 2 saturated carbocycles. The number of aliphatic hydroxyl groups excluding tert-OH is 10. The molecule has 0 aromatic carbocycles. The number of carbonyl (C=O) groups excluding carboxylic acids is 1. The summed E-state index contributed by atoms with van der Waals surface area (Å²) in [6, 6.07) is 0. The van der Waals surface area contributed by atoms with Crippen LogP contribution in [0, 0.1) is 11.8 Å². The van der Waals surface area contributed by atoms with E-state index in [4.69, 9.17) is 28.4 Å². The third-order valence-electron chi connectivity index (χ3n) is 10.1. The van der Waals surface area contributed by atoms with Gasteiger partial charge in [0.1, 0.15) is 48.8 Å². The monoisotopic (exact) mass is 669 g/mol. The number of carbonyl (C=O) groups is 1. The molecule has 3 heterocycles. The first kappa shape index (κ1) is 36.2. The van der Waals surface area contributed by atoms with Gasteiger partial charge in [-0.3, -0.25) is 4.79 Å². The fourth-order valence-corrected chi connectivity index (χ4v) is 7.54. The molecule has 5 aliphatic rings. The van der Waals surface area contributed by atoms with Crippen LogP contribution in [0.1, 0.15) is 46.0 Å². The third-order valence-corrected chi connectivity index (χ3v) is 10.1. The van der Waals surface area contributed by atoms with Gasteiger partial charge in [0, 0.05) is 25.7 Å². The Morgan fingerprint density at radius 3 is 2.07 bits per heavy atom. The molecule has 8 unspecified atom stereocenters. The van der Waals surface area contributed by atoms with Crippen LogP contribution in [0.3, 0.4) is 0 Å². The second-order valence-corrected chi connectivity index (χ2v) is 13.4. The van der Waals surface area contributed by atoms with E-state index < -0.39 is 135 Å². The fraction of sp³-hybridized carbons (Fsp3) is 0.966. The van der Waals surface area contributed by atoms with Crippen LogP contribution in [0.5, 0.6) is 0 Å². The van der Waals surface area contributed by atoms with Crippen molar-refractivity contribution in [3.8, 4) is 0 Å². The van der Waals surface area contributed by atoms with Crippen LogP contribution in [0.25, 0.3) is 0 Å². The van der Waals surface area contributed by atoms with Gasteiger partial charge in [0.25, 0.3) is 0 Å². The molecule has 0 aromatic rings. The Hall–Kier alpha value is -1.13. The average molecular weight is 670 g/mol. The van der Waals surface area contributed by atoms with Crippen molar-refractivity contribution < 1.29 is 84.3 Å². The lowest BCUT2D eigenvalue weighted by molar-refractivity contribution is -0.363. The number of aliphatic hydroxyl groups is 12. The Bertz CT molecular complexity index is 1010. The molecule has 11 N–H and O–H groups in total. The van der Waals surface area contributed by atoms with Crippen LogP contribution < -0.4 is 0 Å². The minimum atomic E-state index is -1.77. The summed E-state index contributed by atoms with van der Waals surface area (Å²) < 4.78 is 33.4. The van der Waals surface area contributed by atoms with Crippen LogP contribution in [0.15, 0.2) is 0 Å². The molecule has 18 atom stereocenters. The molecule has 17 nitrogen and oxygen atoms in total. The number of rotatable bonds is 7. The van der Waals surface area contributed by atoms with E-state index in [2.05, 4.69) is 0 Å². The number of ether oxygens (including phenoxy) is 6. The molecule has 3 saturated heterocycles. The van der Waals surface area contributed by atoms with Gasteiger partial charge in [-0.2, -0.15) is 0 Å². The van der Waals surface area contributed by atoms with Crippen molar-refractivity contribution in [3.05, 3.63) is 0 Å². The zero-order chi connectivity index (χ0) is 33.6. The van der Waals surface area contributed by atoms with Gasteiger partial charge in [0.05, 0.1) is 43.0 Å². The zero-order valence-electron chi connectivity index (χ0n) is 25.7. The van der Waals surface area contributed by atoms with Gasteiger partial charge >= 0.3 is 5.97 Å². The highest BCUT2D eigenvalue weighted by Crippen LogP contribution is 2.42. The Morgan fingerprint density at radius 2 is 1.41 bits per heavy atom. The Kier molecular flexibility index (Phi) is 11.6. The number of esters is 1. The SMILES string of the molecule is CC(=O)O[C@H]1[C@H](OC[C@H]2O[C@@H](OC3CC4C(O)CC(O)CC4[OH+]C3C3CC(O)C(O)C(O)C3)[C@H](O)[C@@H](O)[C@@H]2O)O[C@@H](C)[C@H](O)[C@H]1O. The van der Waals surface area contributed by atoms with E-state index in [-0.39, 0.29) is 25.7 Å². The quantitative estimate of drug-likeness (QED) is 0.0896. The van der Waals surface area contributed by atoms with Gasteiger partial charge in [-0.1, -0.05) is 0 Å². The molecular weight excluding hydrogens is 620 g/mol. The normalized spacial score (nSPS) is 53.3. The van der Waals surface area contributed by atoms with Gasteiger partial charge in [-0.25, -0.2) is 0 Å². The summed E-state index contributed by atoms with van der Waals surface area (Å²) in [7, 11) is 0. The number of fused-ring (bicyclic) bond motifs is 1. The predicted octanol–water partition coefficient (Wildman–Crippen LogP) is -5.11. The van der Waals surface area contributed by atoms with E-state index in [0.717, 1.165) is 6.92 Å². The average Bonchev–Trinajstić information content (AvgIpc) is 2.99. The molecule has 5 rings (SSSR count). The summed E-state index contributed by atoms with van der Waals surface area (Å²) in [6.45, 7) is 2.07. The second kappa shape index (κ2) is 14.8. The summed E-state index contributed by atoms with van der Waals surface area (Å²) in [5.74, 6) is -1.69. The predicted molar refractivity (Wildman–Crippen MR) is 149 cm³/mol. The largest absolute Gasteiger partial charge is 0.454 e. The van der Waals surface area contributed by atoms with E-state index >= 15 is 0 Å². The zero-order valence-corrected chi connectivity index (χ0v) is 25.7. The second-order valence-electron chi connectivity index (χ2n) is 13.4. The standard InChI is InChI=1S/C29H48O17/c1-9-20(35)24(39)27(43-10(2)30)29(42-9)41-8-19-22(37)23(38)25(40)28(46-19)45-18-7-13-14(32)5-12(31)6-17(13)44-26(18)11-3-15(33)21(36)16(34)4-11/h9,11-29,31-40H,3-8H2,1-2H3/p+1/t9-,11?,12?,13?,14?,15?,16?,17?,18?,19+,20-,21?,22+,23-,24+,25+,26?,27+,28+,29+/m0/s1. The molecule has 0 spiro atoms. The maximum atomic E-state index is 11.6. The molecule has 3 aliphatic heterocycles. The van der Waals surface area contributed by atoms with Crippen LogP contribution in [0.4, 0.5) is 0 Å². The fourth-order valence-electron chi connectivity index (χ4n) is 7.54. The maximum absolute atomic E-state index is 11.6. The van der Waals surface area contributed by atoms with Crippen LogP contribution in [0.2, 0.25) is 0 Å². The molecule has 17 heteroatoms. The van der Waals surface area contributed by atoms with Crippen molar-refractivity contribution in [2.75, 3.05) is 6.61 Å². The number of hydrogen-bond donors (Lipinski definition) is 10. The van der Waals surface area contributed by atoms with E-state index in [1.807, 2.05) is 0 Å². The molecule has 0 radical (unpaired) electrons. The lowest BCUT2D eigenvalue weighted by Gasteiger charge is -2.49. The van der Waals surface area contributed by atoms with Crippen molar-refractivity contribution in [1.29, 1.82) is 0 Å². The maximum Gasteiger partial charge on any atom is 0.303 e. The Balaban J connectivity index is 1.31. The molecule has 2 aliphatic carbocycles. The van der Waals surface area contributed by atoms with Gasteiger partial charge in [0.15, 0.2) is 30.9 Å². The molecule has 266 valence electrons. The summed E-state index contributed by atoms with van der Waals surface area (Å²) in [6.07, 6.45) is -21.5.